The Bertz CT molecular complexity index is 567. The van der Waals surface area contributed by atoms with Crippen LogP contribution < -0.4 is 5.32 Å². The largest absolute Gasteiger partial charge is 0.480 e. The smallest absolute Gasteiger partial charge is 0.416 e. The Morgan fingerprint density at radius 1 is 1.27 bits per heavy atom. The molecule has 1 atom stereocenters. The Hall–Kier alpha value is -2.05. The molecule has 1 unspecified atom stereocenters. The van der Waals surface area contributed by atoms with Crippen LogP contribution in [0, 0.1) is 5.92 Å². The van der Waals surface area contributed by atoms with Gasteiger partial charge in [-0.05, 0) is 24.0 Å². The van der Waals surface area contributed by atoms with E-state index in [1.54, 1.807) is 0 Å². The van der Waals surface area contributed by atoms with Gasteiger partial charge in [0.25, 0.3) is 0 Å². The van der Waals surface area contributed by atoms with Gasteiger partial charge in [0.05, 0.1) is 12.0 Å². The fraction of sp³-hybridized carbons (Fsp3) is 0.467. The van der Waals surface area contributed by atoms with Crippen LogP contribution in [0.5, 0.6) is 0 Å². The van der Waals surface area contributed by atoms with E-state index in [1.807, 2.05) is 0 Å². The zero-order chi connectivity index (χ0) is 16.3. The zero-order valence-electron chi connectivity index (χ0n) is 11.7. The molecule has 1 aliphatic carbocycles. The number of carbonyl (C=O) groups is 2. The third-order valence-electron chi connectivity index (χ3n) is 3.57. The number of hydrogen-bond acceptors (Lipinski definition) is 2. The first-order valence-corrected chi connectivity index (χ1v) is 6.94. The van der Waals surface area contributed by atoms with Gasteiger partial charge < -0.3 is 10.4 Å². The summed E-state index contributed by atoms with van der Waals surface area (Å²) in [5.41, 5.74) is -1.04. The molecule has 120 valence electrons. The second-order valence-electron chi connectivity index (χ2n) is 5.47. The molecule has 0 aromatic heterocycles. The molecule has 1 aliphatic rings. The molecular formula is C15H16F3NO3. The number of nitrogens with one attached hydrogen (secondary N) is 1. The molecule has 0 spiro atoms. The normalized spacial score (nSPS) is 16.1. The van der Waals surface area contributed by atoms with Gasteiger partial charge in [-0.1, -0.05) is 31.0 Å². The number of carboxylic acids is 1. The van der Waals surface area contributed by atoms with Crippen molar-refractivity contribution >= 4 is 11.9 Å². The summed E-state index contributed by atoms with van der Waals surface area (Å²) in [5, 5.41) is 11.4. The molecule has 4 nitrogen and oxygen atoms in total. The van der Waals surface area contributed by atoms with Crippen LogP contribution in [0.25, 0.3) is 0 Å². The lowest BCUT2D eigenvalue weighted by atomic mass is 10.0. The first kappa shape index (κ1) is 16.3. The number of carbonyl (C=O) groups excluding carboxylic acids is 1. The van der Waals surface area contributed by atoms with Gasteiger partial charge >= 0.3 is 12.1 Å². The SMILES string of the molecule is O=C(Cc1ccccc1C(F)(F)F)NC(CC1CC1)C(=O)O. The molecule has 0 radical (unpaired) electrons. The maximum absolute atomic E-state index is 12.8. The van der Waals surface area contributed by atoms with E-state index in [-0.39, 0.29) is 11.5 Å². The summed E-state index contributed by atoms with van der Waals surface area (Å²) in [6.07, 6.45) is -2.86. The average molecular weight is 315 g/mol. The highest BCUT2D eigenvalue weighted by atomic mass is 19.4. The van der Waals surface area contributed by atoms with Crippen molar-refractivity contribution in [1.82, 2.24) is 5.32 Å². The van der Waals surface area contributed by atoms with Crippen molar-refractivity contribution in [3.8, 4) is 0 Å². The number of alkyl halides is 3. The summed E-state index contributed by atoms with van der Waals surface area (Å²) in [5.74, 6) is -1.60. The first-order valence-electron chi connectivity index (χ1n) is 6.94. The molecule has 1 aromatic carbocycles. The minimum Gasteiger partial charge on any atom is -0.480 e. The summed E-state index contributed by atoms with van der Waals surface area (Å²) < 4.78 is 38.5. The molecule has 2 rings (SSSR count). The van der Waals surface area contributed by atoms with Crippen molar-refractivity contribution < 1.29 is 27.9 Å². The monoisotopic (exact) mass is 315 g/mol. The van der Waals surface area contributed by atoms with Crippen molar-refractivity contribution in [3.05, 3.63) is 35.4 Å². The molecule has 1 aromatic rings. The highest BCUT2D eigenvalue weighted by molar-refractivity contribution is 5.85. The van der Waals surface area contributed by atoms with Crippen molar-refractivity contribution in [3.63, 3.8) is 0 Å². The molecule has 0 aliphatic heterocycles. The molecule has 0 bridgehead atoms. The lowest BCUT2D eigenvalue weighted by Gasteiger charge is -2.16. The number of halogens is 3. The third kappa shape index (κ3) is 4.47. The van der Waals surface area contributed by atoms with Crippen LogP contribution in [0.2, 0.25) is 0 Å². The summed E-state index contributed by atoms with van der Waals surface area (Å²) >= 11 is 0. The maximum Gasteiger partial charge on any atom is 0.416 e. The van der Waals surface area contributed by atoms with Gasteiger partial charge in [0.1, 0.15) is 6.04 Å². The van der Waals surface area contributed by atoms with Gasteiger partial charge in [0.2, 0.25) is 5.91 Å². The number of benzene rings is 1. The van der Waals surface area contributed by atoms with E-state index < -0.39 is 36.1 Å². The topological polar surface area (TPSA) is 66.4 Å². The second kappa shape index (κ2) is 6.37. The summed E-state index contributed by atoms with van der Waals surface area (Å²) in [6.45, 7) is 0. The lowest BCUT2D eigenvalue weighted by Crippen LogP contribution is -2.42. The van der Waals surface area contributed by atoms with Gasteiger partial charge in [-0.15, -0.1) is 0 Å². The molecule has 0 saturated heterocycles. The Labute approximate surface area is 125 Å². The third-order valence-corrected chi connectivity index (χ3v) is 3.57. The summed E-state index contributed by atoms with van der Waals surface area (Å²) in [4.78, 5) is 22.9. The predicted octanol–water partition coefficient (Wildman–Crippen LogP) is 2.62. The van der Waals surface area contributed by atoms with Gasteiger partial charge in [-0.2, -0.15) is 13.2 Å². The summed E-state index contributed by atoms with van der Waals surface area (Å²) in [7, 11) is 0. The van der Waals surface area contributed by atoms with Crippen LogP contribution in [0.1, 0.15) is 30.4 Å². The fourth-order valence-electron chi connectivity index (χ4n) is 2.28. The van der Waals surface area contributed by atoms with Crippen LogP contribution in [0.3, 0.4) is 0 Å². The quantitative estimate of drug-likeness (QED) is 0.848. The highest BCUT2D eigenvalue weighted by Crippen LogP contribution is 2.34. The van der Waals surface area contributed by atoms with Crippen molar-refractivity contribution in [1.29, 1.82) is 0 Å². The number of amides is 1. The number of aliphatic carboxylic acids is 1. The van der Waals surface area contributed by atoms with E-state index in [0.717, 1.165) is 18.9 Å². The molecule has 0 heterocycles. The van der Waals surface area contributed by atoms with E-state index >= 15 is 0 Å². The number of hydrogen-bond donors (Lipinski definition) is 2. The summed E-state index contributed by atoms with van der Waals surface area (Å²) in [6, 6.07) is 3.74. The van der Waals surface area contributed by atoms with Crippen LogP contribution in [0.15, 0.2) is 24.3 Å². The Kier molecular flexibility index (Phi) is 4.73. The van der Waals surface area contributed by atoms with E-state index in [4.69, 9.17) is 5.11 Å². The lowest BCUT2D eigenvalue weighted by molar-refractivity contribution is -0.142. The molecule has 7 heteroatoms. The van der Waals surface area contributed by atoms with Crippen LogP contribution >= 0.6 is 0 Å². The Balaban J connectivity index is 2.03. The van der Waals surface area contributed by atoms with Crippen LogP contribution in [0.4, 0.5) is 13.2 Å². The molecular weight excluding hydrogens is 299 g/mol. The van der Waals surface area contributed by atoms with E-state index in [2.05, 4.69) is 5.32 Å². The standard InChI is InChI=1S/C15H16F3NO3/c16-15(17,18)11-4-2-1-3-10(11)8-13(20)19-12(14(21)22)7-9-5-6-9/h1-4,9,12H,5-8H2,(H,19,20)(H,21,22). The van der Waals surface area contributed by atoms with Gasteiger partial charge in [0.15, 0.2) is 0 Å². The van der Waals surface area contributed by atoms with E-state index in [9.17, 15) is 22.8 Å². The van der Waals surface area contributed by atoms with Crippen molar-refractivity contribution in [2.24, 2.45) is 5.92 Å². The Morgan fingerprint density at radius 2 is 1.91 bits per heavy atom. The minimum atomic E-state index is -4.54. The maximum atomic E-state index is 12.8. The van der Waals surface area contributed by atoms with Crippen molar-refractivity contribution in [2.75, 3.05) is 0 Å². The fourth-order valence-corrected chi connectivity index (χ4v) is 2.28. The molecule has 1 amide bonds. The molecule has 1 saturated carbocycles. The first-order chi connectivity index (χ1) is 10.3. The van der Waals surface area contributed by atoms with Gasteiger partial charge in [-0.3, -0.25) is 4.79 Å². The molecule has 22 heavy (non-hydrogen) atoms. The van der Waals surface area contributed by atoms with Crippen LogP contribution in [-0.4, -0.2) is 23.0 Å². The predicted molar refractivity (Wildman–Crippen MR) is 72.1 cm³/mol. The minimum absolute atomic E-state index is 0.164. The molecule has 2 N–H and O–H groups in total. The number of rotatable bonds is 6. The second-order valence-corrected chi connectivity index (χ2v) is 5.47. The van der Waals surface area contributed by atoms with Crippen molar-refractivity contribution in [2.45, 2.75) is 37.9 Å². The van der Waals surface area contributed by atoms with Crippen LogP contribution in [-0.2, 0) is 22.2 Å². The zero-order valence-corrected chi connectivity index (χ0v) is 11.7. The Morgan fingerprint density at radius 3 is 2.45 bits per heavy atom. The highest BCUT2D eigenvalue weighted by Gasteiger charge is 2.34. The molecule has 1 fully saturated rings. The number of carboxylic acid groups (broad SMARTS) is 1. The average Bonchev–Trinajstić information content (AvgIpc) is 3.21. The van der Waals surface area contributed by atoms with Gasteiger partial charge in [0, 0.05) is 0 Å². The van der Waals surface area contributed by atoms with E-state index in [1.165, 1.54) is 18.2 Å². The van der Waals surface area contributed by atoms with Gasteiger partial charge in [-0.25, -0.2) is 4.79 Å². The van der Waals surface area contributed by atoms with E-state index in [0.29, 0.717) is 6.42 Å².